The van der Waals surface area contributed by atoms with Crippen LogP contribution in [-0.2, 0) is 0 Å². The maximum absolute atomic E-state index is 5.05. The molecule has 0 spiro atoms. The fraction of sp³-hybridized carbons (Fsp3) is 0.174. The highest BCUT2D eigenvalue weighted by atomic mass is 15.6. The van der Waals surface area contributed by atoms with Crippen molar-refractivity contribution in [3.8, 4) is 0 Å². The highest BCUT2D eigenvalue weighted by Gasteiger charge is 2.34. The Morgan fingerprint density at radius 3 is 1.85 bits per heavy atom. The molecule has 130 valence electrons. The number of aryl methyl sites for hydroxylation is 2. The molecule has 0 amide bonds. The van der Waals surface area contributed by atoms with E-state index in [9.17, 15) is 0 Å². The van der Waals surface area contributed by atoms with E-state index >= 15 is 0 Å². The van der Waals surface area contributed by atoms with Crippen molar-refractivity contribution in [1.29, 1.82) is 0 Å². The lowest BCUT2D eigenvalue weighted by molar-refractivity contribution is 0.715. The van der Waals surface area contributed by atoms with Crippen LogP contribution in [0.3, 0.4) is 0 Å². The van der Waals surface area contributed by atoms with Crippen LogP contribution >= 0.6 is 0 Å². The monoisotopic (exact) mass is 341 g/mol. The first-order valence-electron chi connectivity index (χ1n) is 9.00. The van der Waals surface area contributed by atoms with Crippen LogP contribution < -0.4 is 9.91 Å². The molecule has 1 aliphatic rings. The van der Waals surface area contributed by atoms with Gasteiger partial charge in [0.25, 0.3) is 0 Å². The average molecular weight is 341 g/mol. The van der Waals surface area contributed by atoms with E-state index in [2.05, 4.69) is 103 Å². The second-order valence-electron chi connectivity index (χ2n) is 6.71. The largest absolute Gasteiger partial charge is 0.302 e. The Labute approximate surface area is 155 Å². The van der Waals surface area contributed by atoms with Crippen LogP contribution in [-0.4, -0.2) is 12.0 Å². The minimum absolute atomic E-state index is 0.0902. The molecule has 0 bridgehead atoms. The molecule has 26 heavy (non-hydrogen) atoms. The molecule has 0 aromatic heterocycles. The molecule has 1 aliphatic heterocycles. The minimum atomic E-state index is 0.0902. The first kappa shape index (κ1) is 16.4. The first-order valence-corrected chi connectivity index (χ1v) is 9.00. The third kappa shape index (κ3) is 2.76. The van der Waals surface area contributed by atoms with Gasteiger partial charge in [-0.1, -0.05) is 66.7 Å². The maximum Gasteiger partial charge on any atom is 0.162 e. The van der Waals surface area contributed by atoms with Gasteiger partial charge in [0.2, 0.25) is 0 Å². The molecule has 4 rings (SSSR count). The van der Waals surface area contributed by atoms with Crippen molar-refractivity contribution < 1.29 is 0 Å². The molecule has 1 heterocycles. The summed E-state index contributed by atoms with van der Waals surface area (Å²) in [7, 11) is 0. The summed E-state index contributed by atoms with van der Waals surface area (Å²) in [6.45, 7) is 6.50. The van der Waals surface area contributed by atoms with E-state index < -0.39 is 0 Å². The number of nitrogens with zero attached hydrogens (tertiary/aromatic N) is 3. The fourth-order valence-corrected chi connectivity index (χ4v) is 3.53. The maximum atomic E-state index is 5.05. The van der Waals surface area contributed by atoms with Gasteiger partial charge in [-0.25, -0.2) is 5.01 Å². The van der Waals surface area contributed by atoms with E-state index in [4.69, 9.17) is 5.10 Å². The van der Waals surface area contributed by atoms with Gasteiger partial charge < -0.3 is 4.90 Å². The summed E-state index contributed by atoms with van der Waals surface area (Å²) >= 11 is 0. The predicted octanol–water partition coefficient (Wildman–Crippen LogP) is 5.34. The molecule has 1 atom stereocenters. The van der Waals surface area contributed by atoms with Gasteiger partial charge in [0.1, 0.15) is 6.17 Å². The second-order valence-corrected chi connectivity index (χ2v) is 6.71. The first-order chi connectivity index (χ1) is 12.7. The summed E-state index contributed by atoms with van der Waals surface area (Å²) < 4.78 is 0. The lowest BCUT2D eigenvalue weighted by atomic mass is 10.1. The Kier molecular flexibility index (Phi) is 4.21. The molecule has 0 saturated heterocycles. The third-order valence-electron chi connectivity index (χ3n) is 4.93. The van der Waals surface area contributed by atoms with Crippen LogP contribution in [0.2, 0.25) is 0 Å². The van der Waals surface area contributed by atoms with Gasteiger partial charge in [0.15, 0.2) is 5.84 Å². The topological polar surface area (TPSA) is 18.8 Å². The van der Waals surface area contributed by atoms with Gasteiger partial charge in [-0.15, -0.1) is 0 Å². The molecule has 1 unspecified atom stereocenters. The number of hydrazone groups is 1. The molecule has 0 N–H and O–H groups in total. The van der Waals surface area contributed by atoms with E-state index in [1.165, 1.54) is 16.8 Å². The molecular formula is C23H23N3. The third-order valence-corrected chi connectivity index (χ3v) is 4.93. The molecular weight excluding hydrogens is 318 g/mol. The van der Waals surface area contributed by atoms with E-state index in [1.54, 1.807) is 0 Å². The number of hydrogen-bond acceptors (Lipinski definition) is 3. The van der Waals surface area contributed by atoms with Gasteiger partial charge in [-0.2, -0.15) is 5.10 Å². The zero-order chi connectivity index (χ0) is 18.1. The smallest absolute Gasteiger partial charge is 0.162 e. The number of anilines is 2. The number of rotatable bonds is 3. The number of amidine groups is 1. The molecule has 3 aromatic rings. The Hall–Kier alpha value is -3.07. The summed E-state index contributed by atoms with van der Waals surface area (Å²) in [6, 6.07) is 27.3. The van der Waals surface area contributed by atoms with Crippen molar-refractivity contribution in [3.63, 3.8) is 0 Å². The van der Waals surface area contributed by atoms with Gasteiger partial charge in [0, 0.05) is 11.3 Å². The normalized spacial score (nSPS) is 16.7. The zero-order valence-corrected chi connectivity index (χ0v) is 15.4. The van der Waals surface area contributed by atoms with Crippen LogP contribution in [0.15, 0.2) is 84.0 Å². The molecule has 0 radical (unpaired) electrons. The summed E-state index contributed by atoms with van der Waals surface area (Å²) in [4.78, 5) is 2.33. The average Bonchev–Trinajstić information content (AvgIpc) is 3.00. The quantitative estimate of drug-likeness (QED) is 0.640. The Balaban J connectivity index is 1.87. The van der Waals surface area contributed by atoms with Gasteiger partial charge in [-0.3, -0.25) is 0 Å². The van der Waals surface area contributed by atoms with Crippen molar-refractivity contribution in [1.82, 2.24) is 0 Å². The van der Waals surface area contributed by atoms with Crippen LogP contribution in [0, 0.1) is 13.8 Å². The SMILES string of the molecule is Cc1ccccc1N1N=C(c2ccccc2)N(c2ccccc2C)C1C. The Bertz CT molecular complexity index is 946. The van der Waals surface area contributed by atoms with Crippen molar-refractivity contribution in [2.75, 3.05) is 9.91 Å². The van der Waals surface area contributed by atoms with E-state index in [-0.39, 0.29) is 6.17 Å². The van der Waals surface area contributed by atoms with Crippen molar-refractivity contribution in [2.24, 2.45) is 5.10 Å². The van der Waals surface area contributed by atoms with Crippen molar-refractivity contribution in [3.05, 3.63) is 95.6 Å². The van der Waals surface area contributed by atoms with Crippen molar-refractivity contribution in [2.45, 2.75) is 26.9 Å². The number of benzene rings is 3. The van der Waals surface area contributed by atoms with Gasteiger partial charge >= 0.3 is 0 Å². The van der Waals surface area contributed by atoms with E-state index in [0.29, 0.717) is 0 Å². The molecule has 0 saturated carbocycles. The Morgan fingerprint density at radius 1 is 0.692 bits per heavy atom. The predicted molar refractivity (Wildman–Crippen MR) is 110 cm³/mol. The zero-order valence-electron chi connectivity index (χ0n) is 15.4. The van der Waals surface area contributed by atoms with Gasteiger partial charge in [0.05, 0.1) is 5.69 Å². The van der Waals surface area contributed by atoms with Crippen LogP contribution in [0.5, 0.6) is 0 Å². The minimum Gasteiger partial charge on any atom is -0.302 e. The molecule has 3 heteroatoms. The van der Waals surface area contributed by atoms with E-state index in [1.807, 2.05) is 6.07 Å². The summed E-state index contributed by atoms with van der Waals surface area (Å²) in [5, 5.41) is 7.17. The molecule has 0 fully saturated rings. The van der Waals surface area contributed by atoms with E-state index in [0.717, 1.165) is 17.1 Å². The Morgan fingerprint density at radius 2 is 1.23 bits per heavy atom. The second kappa shape index (κ2) is 6.68. The summed E-state index contributed by atoms with van der Waals surface area (Å²) in [5.41, 5.74) is 5.93. The highest BCUT2D eigenvalue weighted by Crippen LogP contribution is 2.34. The molecule has 0 aliphatic carbocycles. The van der Waals surface area contributed by atoms with Gasteiger partial charge in [-0.05, 0) is 44.0 Å². The lowest BCUT2D eigenvalue weighted by Crippen LogP contribution is -2.41. The van der Waals surface area contributed by atoms with Crippen LogP contribution in [0.1, 0.15) is 23.6 Å². The summed E-state index contributed by atoms with van der Waals surface area (Å²) in [6.07, 6.45) is 0.0902. The van der Waals surface area contributed by atoms with Crippen molar-refractivity contribution >= 4 is 17.2 Å². The number of hydrogen-bond donors (Lipinski definition) is 0. The standard InChI is InChI=1S/C23H23N3/c1-17-11-7-9-15-21(17)25-19(3)26(22-16-10-8-12-18(22)2)24-23(25)20-13-5-4-6-14-20/h4-16,19H,1-3H3. The fourth-order valence-electron chi connectivity index (χ4n) is 3.53. The summed E-state index contributed by atoms with van der Waals surface area (Å²) in [5.74, 6) is 0.982. The molecule has 3 aromatic carbocycles. The highest BCUT2D eigenvalue weighted by molar-refractivity contribution is 6.12. The lowest BCUT2D eigenvalue weighted by Gasteiger charge is -2.30. The van der Waals surface area contributed by atoms with Crippen LogP contribution in [0.4, 0.5) is 11.4 Å². The number of para-hydroxylation sites is 2. The van der Waals surface area contributed by atoms with Crippen LogP contribution in [0.25, 0.3) is 0 Å². The molecule has 3 nitrogen and oxygen atoms in total.